The molecule has 0 aliphatic carbocycles. The molecule has 2 aromatic carbocycles. The largest absolute Gasteiger partial charge is 0.368 e. The highest BCUT2D eigenvalue weighted by Crippen LogP contribution is 2.28. The van der Waals surface area contributed by atoms with Gasteiger partial charge in [-0.05, 0) is 54.8 Å². The Morgan fingerprint density at radius 3 is 2.42 bits per heavy atom. The minimum atomic E-state index is -0.0320. The minimum Gasteiger partial charge on any atom is -0.368 e. The van der Waals surface area contributed by atoms with Gasteiger partial charge >= 0.3 is 6.03 Å². The van der Waals surface area contributed by atoms with Crippen LogP contribution in [0.5, 0.6) is 0 Å². The summed E-state index contributed by atoms with van der Waals surface area (Å²) in [4.78, 5) is 31.2. The van der Waals surface area contributed by atoms with Gasteiger partial charge in [0.25, 0.3) is 5.91 Å². The summed E-state index contributed by atoms with van der Waals surface area (Å²) in [5.74, 6) is 0.345. The highest BCUT2D eigenvalue weighted by Gasteiger charge is 2.26. The molecule has 2 saturated heterocycles. The molecular formula is C24H29ClN4O2. The molecule has 31 heavy (non-hydrogen) atoms. The number of hydrogen-bond acceptors (Lipinski definition) is 3. The summed E-state index contributed by atoms with van der Waals surface area (Å²) in [6.45, 7) is 4.47. The topological polar surface area (TPSA) is 55.9 Å². The third-order valence-electron chi connectivity index (χ3n) is 6.29. The van der Waals surface area contributed by atoms with Crippen LogP contribution in [-0.2, 0) is 0 Å². The van der Waals surface area contributed by atoms with Crippen LogP contribution in [0.1, 0.15) is 34.7 Å². The molecule has 164 valence electrons. The molecule has 0 saturated carbocycles. The van der Waals surface area contributed by atoms with Crippen molar-refractivity contribution in [3.8, 4) is 0 Å². The van der Waals surface area contributed by atoms with Crippen molar-refractivity contribution in [3.05, 3.63) is 64.7 Å². The summed E-state index contributed by atoms with van der Waals surface area (Å²) in [6, 6.07) is 15.8. The fourth-order valence-corrected chi connectivity index (χ4v) is 4.65. The predicted octanol–water partition coefficient (Wildman–Crippen LogP) is 3.82. The number of benzene rings is 2. The number of amides is 3. The van der Waals surface area contributed by atoms with Crippen molar-refractivity contribution >= 4 is 29.2 Å². The molecule has 6 nitrogen and oxygen atoms in total. The van der Waals surface area contributed by atoms with Gasteiger partial charge in [-0.25, -0.2) is 4.79 Å². The van der Waals surface area contributed by atoms with E-state index >= 15 is 0 Å². The quantitative estimate of drug-likeness (QED) is 0.789. The molecule has 0 spiro atoms. The van der Waals surface area contributed by atoms with Crippen molar-refractivity contribution in [2.45, 2.75) is 18.8 Å². The summed E-state index contributed by atoms with van der Waals surface area (Å²) in [5.41, 5.74) is 3.00. The van der Waals surface area contributed by atoms with E-state index in [1.807, 2.05) is 52.3 Å². The number of carbonyl (C=O) groups excluding carboxylic acids is 2. The average molecular weight is 441 g/mol. The monoisotopic (exact) mass is 440 g/mol. The number of anilines is 1. The molecule has 1 N–H and O–H groups in total. The molecule has 2 aromatic rings. The first-order valence-corrected chi connectivity index (χ1v) is 11.3. The Labute approximate surface area is 188 Å². The van der Waals surface area contributed by atoms with Crippen LogP contribution in [0.4, 0.5) is 10.5 Å². The minimum absolute atomic E-state index is 0.0320. The molecular weight excluding hydrogens is 412 g/mol. The molecule has 2 aliphatic rings. The van der Waals surface area contributed by atoms with Crippen LogP contribution in [0.25, 0.3) is 0 Å². The molecule has 7 heteroatoms. The van der Waals surface area contributed by atoms with Gasteiger partial charge in [-0.1, -0.05) is 23.7 Å². The Hall–Kier alpha value is -2.73. The van der Waals surface area contributed by atoms with Gasteiger partial charge in [0, 0.05) is 68.5 Å². The van der Waals surface area contributed by atoms with Crippen molar-refractivity contribution in [1.82, 2.24) is 15.1 Å². The van der Waals surface area contributed by atoms with Crippen molar-refractivity contribution in [3.63, 3.8) is 0 Å². The lowest BCUT2D eigenvalue weighted by Gasteiger charge is -2.36. The fraction of sp³-hybridized carbons (Fsp3) is 0.417. The van der Waals surface area contributed by atoms with Crippen LogP contribution in [0.15, 0.2) is 48.5 Å². The van der Waals surface area contributed by atoms with Gasteiger partial charge in [-0.15, -0.1) is 0 Å². The Morgan fingerprint density at radius 2 is 1.71 bits per heavy atom. The maximum Gasteiger partial charge on any atom is 0.317 e. The van der Waals surface area contributed by atoms with Crippen molar-refractivity contribution in [2.24, 2.45) is 0 Å². The standard InChI is InChI=1S/C24H29ClN4O2/c1-26-24(31)29-11-3-6-20(17-29)18-4-2-5-19(16-18)23(30)28-14-12-27(13-15-28)22-9-7-21(25)8-10-22/h2,4-5,7-10,16,20H,3,6,11-15,17H2,1H3,(H,26,31)/t20-/m1/s1. The molecule has 2 aliphatic heterocycles. The molecule has 2 fully saturated rings. The number of likely N-dealkylation sites (tertiary alicyclic amines) is 1. The zero-order valence-electron chi connectivity index (χ0n) is 17.9. The molecule has 1 atom stereocenters. The lowest BCUT2D eigenvalue weighted by atomic mass is 9.89. The first-order valence-electron chi connectivity index (χ1n) is 10.9. The Balaban J connectivity index is 1.39. The Morgan fingerprint density at radius 1 is 0.968 bits per heavy atom. The molecule has 0 aromatic heterocycles. The van der Waals surface area contributed by atoms with Gasteiger partial charge in [0.2, 0.25) is 0 Å². The molecule has 0 bridgehead atoms. The third kappa shape index (κ3) is 4.96. The van der Waals surface area contributed by atoms with Gasteiger partial charge in [-0.3, -0.25) is 4.79 Å². The second-order valence-electron chi connectivity index (χ2n) is 8.22. The normalized spacial score (nSPS) is 19.3. The van der Waals surface area contributed by atoms with Crippen LogP contribution in [0.2, 0.25) is 5.02 Å². The van der Waals surface area contributed by atoms with Gasteiger partial charge in [0.1, 0.15) is 0 Å². The van der Waals surface area contributed by atoms with E-state index in [0.717, 1.165) is 54.3 Å². The number of nitrogens with zero attached hydrogens (tertiary/aromatic N) is 3. The molecule has 3 amide bonds. The van der Waals surface area contributed by atoms with Gasteiger partial charge in [-0.2, -0.15) is 0 Å². The maximum atomic E-state index is 13.2. The van der Waals surface area contributed by atoms with Crippen molar-refractivity contribution < 1.29 is 9.59 Å². The lowest BCUT2D eigenvalue weighted by Crippen LogP contribution is -2.48. The van der Waals surface area contributed by atoms with Gasteiger partial charge in [0.15, 0.2) is 0 Å². The van der Waals surface area contributed by atoms with E-state index in [4.69, 9.17) is 11.6 Å². The number of nitrogens with one attached hydrogen (secondary N) is 1. The van der Waals surface area contributed by atoms with E-state index in [1.165, 1.54) is 0 Å². The maximum absolute atomic E-state index is 13.2. The van der Waals surface area contributed by atoms with E-state index in [9.17, 15) is 9.59 Å². The van der Waals surface area contributed by atoms with E-state index in [1.54, 1.807) is 7.05 Å². The molecule has 0 radical (unpaired) electrons. The van der Waals surface area contributed by atoms with Gasteiger partial charge in [0.05, 0.1) is 0 Å². The number of rotatable bonds is 3. The Bertz CT molecular complexity index is 925. The van der Waals surface area contributed by atoms with Gasteiger partial charge < -0.3 is 20.0 Å². The number of piperidine rings is 1. The van der Waals surface area contributed by atoms with Crippen molar-refractivity contribution in [2.75, 3.05) is 51.2 Å². The van der Waals surface area contributed by atoms with Crippen molar-refractivity contribution in [1.29, 1.82) is 0 Å². The highest BCUT2D eigenvalue weighted by atomic mass is 35.5. The predicted molar refractivity (Wildman–Crippen MR) is 124 cm³/mol. The van der Waals surface area contributed by atoms with Crippen LogP contribution in [0.3, 0.4) is 0 Å². The molecule has 0 unspecified atom stereocenters. The van der Waals surface area contributed by atoms with Crippen LogP contribution in [-0.4, -0.2) is 68.1 Å². The SMILES string of the molecule is CNC(=O)N1CCC[C@@H](c2cccc(C(=O)N3CCN(c4ccc(Cl)cc4)CC3)c2)C1. The summed E-state index contributed by atoms with van der Waals surface area (Å²) in [7, 11) is 1.66. The molecule has 2 heterocycles. The second kappa shape index (κ2) is 9.60. The zero-order valence-corrected chi connectivity index (χ0v) is 18.6. The van der Waals surface area contributed by atoms with Crippen LogP contribution >= 0.6 is 11.6 Å². The summed E-state index contributed by atoms with van der Waals surface area (Å²) in [6.07, 6.45) is 2.01. The van der Waals surface area contributed by atoms with E-state index in [0.29, 0.717) is 19.6 Å². The first kappa shape index (κ1) is 21.5. The number of urea groups is 1. The van der Waals surface area contributed by atoms with E-state index < -0.39 is 0 Å². The average Bonchev–Trinajstić information content (AvgIpc) is 2.84. The highest BCUT2D eigenvalue weighted by molar-refractivity contribution is 6.30. The van der Waals surface area contributed by atoms with E-state index in [-0.39, 0.29) is 17.9 Å². The first-order chi connectivity index (χ1) is 15.0. The third-order valence-corrected chi connectivity index (χ3v) is 6.54. The van der Waals surface area contributed by atoms with Crippen LogP contribution < -0.4 is 10.2 Å². The fourth-order valence-electron chi connectivity index (χ4n) is 4.52. The zero-order chi connectivity index (χ0) is 21.8. The smallest absolute Gasteiger partial charge is 0.317 e. The number of hydrogen-bond donors (Lipinski definition) is 1. The summed E-state index contributed by atoms with van der Waals surface area (Å²) >= 11 is 5.99. The Kier molecular flexibility index (Phi) is 6.66. The number of carbonyl (C=O) groups is 2. The summed E-state index contributed by atoms with van der Waals surface area (Å²) < 4.78 is 0. The number of halogens is 1. The summed E-state index contributed by atoms with van der Waals surface area (Å²) in [5, 5.41) is 3.44. The van der Waals surface area contributed by atoms with Crippen LogP contribution in [0, 0.1) is 0 Å². The second-order valence-corrected chi connectivity index (χ2v) is 8.66. The van der Waals surface area contributed by atoms with E-state index in [2.05, 4.69) is 16.3 Å². The lowest BCUT2D eigenvalue weighted by molar-refractivity contribution is 0.0746. The molecule has 4 rings (SSSR count). The number of piperazine rings is 1.